The minimum absolute atomic E-state index is 0.0849. The Morgan fingerprint density at radius 1 is 1.05 bits per heavy atom. The van der Waals surface area contributed by atoms with Crippen molar-refractivity contribution in [1.82, 2.24) is 0 Å². The lowest BCUT2D eigenvalue weighted by Gasteiger charge is -2.42. The Balaban J connectivity index is 1.65. The van der Waals surface area contributed by atoms with Gasteiger partial charge in [0.15, 0.2) is 5.79 Å². The molecule has 1 N–H and O–H groups in total. The molecule has 0 radical (unpaired) electrons. The summed E-state index contributed by atoms with van der Waals surface area (Å²) in [7, 11) is 0. The number of hydrogen-bond acceptors (Lipinski definition) is 4. The van der Waals surface area contributed by atoms with Gasteiger partial charge < -0.3 is 19.3 Å². The molecule has 1 aliphatic heterocycles. The Morgan fingerprint density at radius 3 is 2.51 bits per heavy atom. The fourth-order valence-electron chi connectivity index (χ4n) is 6.31. The summed E-state index contributed by atoms with van der Waals surface area (Å²) < 4.78 is 19.0. The van der Waals surface area contributed by atoms with Crippen molar-refractivity contribution in [3.05, 3.63) is 65.2 Å². The van der Waals surface area contributed by atoms with Gasteiger partial charge in [-0.25, -0.2) is 0 Å². The lowest BCUT2D eigenvalue weighted by atomic mass is 9.70. The summed E-state index contributed by atoms with van der Waals surface area (Å²) >= 11 is 0. The first-order valence-electron chi connectivity index (χ1n) is 14.6. The molecule has 2 fully saturated rings. The average molecular weight is 509 g/mol. The van der Waals surface area contributed by atoms with E-state index in [-0.39, 0.29) is 17.4 Å². The van der Waals surface area contributed by atoms with Crippen LogP contribution in [0.15, 0.2) is 48.5 Å². The SMILES string of the molecule is CCCCCCC(C)(C)c1ccc([C@H]2CC3(CC[C@@H]2CC(C)O)OCCO3)c(OCc2ccccc2)c1. The monoisotopic (exact) mass is 508 g/mol. The molecule has 3 atom stereocenters. The molecule has 4 rings (SSSR count). The summed E-state index contributed by atoms with van der Waals surface area (Å²) in [6.07, 6.45) is 9.41. The van der Waals surface area contributed by atoms with Gasteiger partial charge in [-0.3, -0.25) is 0 Å². The molecule has 0 bridgehead atoms. The molecule has 1 spiro atoms. The highest BCUT2D eigenvalue weighted by atomic mass is 16.7. The second-order valence-electron chi connectivity index (χ2n) is 12.0. The maximum Gasteiger partial charge on any atom is 0.169 e. The van der Waals surface area contributed by atoms with Gasteiger partial charge in [-0.05, 0) is 66.2 Å². The molecule has 0 amide bonds. The van der Waals surface area contributed by atoms with Gasteiger partial charge in [0.25, 0.3) is 0 Å². The van der Waals surface area contributed by atoms with Gasteiger partial charge in [0, 0.05) is 12.8 Å². The van der Waals surface area contributed by atoms with Gasteiger partial charge in [-0.2, -0.15) is 0 Å². The fraction of sp³-hybridized carbons (Fsp3) is 0.636. The normalized spacial score (nSPS) is 22.3. The zero-order valence-corrected chi connectivity index (χ0v) is 23.5. The molecule has 1 saturated heterocycles. The van der Waals surface area contributed by atoms with Gasteiger partial charge in [0.1, 0.15) is 12.4 Å². The fourth-order valence-corrected chi connectivity index (χ4v) is 6.31. The summed E-state index contributed by atoms with van der Waals surface area (Å²) in [6, 6.07) is 17.3. The smallest absolute Gasteiger partial charge is 0.169 e. The van der Waals surface area contributed by atoms with Crippen LogP contribution in [0.4, 0.5) is 0 Å². The largest absolute Gasteiger partial charge is 0.489 e. The molecule has 0 aromatic heterocycles. The van der Waals surface area contributed by atoms with Crippen molar-refractivity contribution in [1.29, 1.82) is 0 Å². The van der Waals surface area contributed by atoms with Gasteiger partial charge in [0.2, 0.25) is 0 Å². The van der Waals surface area contributed by atoms with E-state index in [9.17, 15) is 5.11 Å². The summed E-state index contributed by atoms with van der Waals surface area (Å²) in [6.45, 7) is 10.8. The molecule has 1 aliphatic carbocycles. The highest BCUT2D eigenvalue weighted by Gasteiger charge is 2.46. The van der Waals surface area contributed by atoms with Crippen LogP contribution in [0.1, 0.15) is 108 Å². The summed E-state index contributed by atoms with van der Waals surface area (Å²) in [5, 5.41) is 10.3. The summed E-state index contributed by atoms with van der Waals surface area (Å²) in [5.41, 5.74) is 3.81. The van der Waals surface area contributed by atoms with Crippen molar-refractivity contribution >= 4 is 0 Å². The third-order valence-corrected chi connectivity index (χ3v) is 8.54. The Labute approximate surface area is 224 Å². The second kappa shape index (κ2) is 12.8. The highest BCUT2D eigenvalue weighted by molar-refractivity contribution is 5.43. The first kappa shape index (κ1) is 28.1. The maximum absolute atomic E-state index is 10.3. The quantitative estimate of drug-likeness (QED) is 0.296. The van der Waals surface area contributed by atoms with Gasteiger partial charge in [0.05, 0.1) is 19.3 Å². The molecule has 1 unspecified atom stereocenters. The molecule has 1 heterocycles. The van der Waals surface area contributed by atoms with Crippen molar-refractivity contribution in [2.24, 2.45) is 5.92 Å². The molecular weight excluding hydrogens is 460 g/mol. The second-order valence-corrected chi connectivity index (χ2v) is 12.0. The predicted octanol–water partition coefficient (Wildman–Crippen LogP) is 7.91. The van der Waals surface area contributed by atoms with E-state index in [0.29, 0.717) is 25.7 Å². The number of aliphatic hydroxyl groups is 1. The molecule has 4 heteroatoms. The van der Waals surface area contributed by atoms with Crippen molar-refractivity contribution in [3.8, 4) is 5.75 Å². The van der Waals surface area contributed by atoms with Crippen LogP contribution in [0.3, 0.4) is 0 Å². The first-order valence-corrected chi connectivity index (χ1v) is 14.6. The average Bonchev–Trinajstić information content (AvgIpc) is 3.34. The van der Waals surface area contributed by atoms with Crippen LogP contribution in [0.5, 0.6) is 5.75 Å². The van der Waals surface area contributed by atoms with Crippen LogP contribution in [0.25, 0.3) is 0 Å². The molecule has 2 aliphatic rings. The Morgan fingerprint density at radius 2 is 1.81 bits per heavy atom. The van der Waals surface area contributed by atoms with E-state index in [0.717, 1.165) is 31.4 Å². The van der Waals surface area contributed by atoms with E-state index < -0.39 is 5.79 Å². The van der Waals surface area contributed by atoms with Gasteiger partial charge >= 0.3 is 0 Å². The van der Waals surface area contributed by atoms with Gasteiger partial charge in [-0.1, -0.05) is 88.9 Å². The number of unbranched alkanes of at least 4 members (excludes halogenated alkanes) is 3. The van der Waals surface area contributed by atoms with E-state index in [1.165, 1.54) is 48.8 Å². The minimum Gasteiger partial charge on any atom is -0.489 e. The number of aliphatic hydroxyl groups excluding tert-OH is 1. The van der Waals surface area contributed by atoms with Crippen LogP contribution >= 0.6 is 0 Å². The van der Waals surface area contributed by atoms with Crippen molar-refractivity contribution in [2.75, 3.05) is 13.2 Å². The third-order valence-electron chi connectivity index (χ3n) is 8.54. The summed E-state index contributed by atoms with van der Waals surface area (Å²) in [4.78, 5) is 0. The van der Waals surface area contributed by atoms with E-state index in [1.807, 2.05) is 13.0 Å². The number of rotatable bonds is 12. The van der Waals surface area contributed by atoms with Crippen LogP contribution in [-0.2, 0) is 21.5 Å². The Hall–Kier alpha value is -1.88. The van der Waals surface area contributed by atoms with E-state index in [2.05, 4.69) is 63.2 Å². The van der Waals surface area contributed by atoms with Crippen molar-refractivity contribution in [3.63, 3.8) is 0 Å². The first-order chi connectivity index (χ1) is 17.8. The summed E-state index contributed by atoms with van der Waals surface area (Å²) in [5.74, 6) is 1.06. The van der Waals surface area contributed by atoms with Crippen molar-refractivity contribution in [2.45, 2.75) is 115 Å². The minimum atomic E-state index is -0.492. The van der Waals surface area contributed by atoms with E-state index in [4.69, 9.17) is 14.2 Å². The van der Waals surface area contributed by atoms with E-state index in [1.54, 1.807) is 0 Å². The van der Waals surface area contributed by atoms with Gasteiger partial charge in [-0.15, -0.1) is 0 Å². The van der Waals surface area contributed by atoms with Crippen LogP contribution in [0.2, 0.25) is 0 Å². The molecule has 2 aromatic rings. The standard InChI is InChI=1S/C33H48O4/c1-5-6-7-11-17-32(3,4)28-14-15-29(31(22-28)35-24-26-12-9-8-10-13-26)30-23-33(36-19-20-37-33)18-16-27(30)21-25(2)34/h8-10,12-15,22,25,27,30,34H,5-7,11,16-21,23-24H2,1-4H3/t25?,27-,30+/m1/s1. The van der Waals surface area contributed by atoms with Crippen molar-refractivity contribution < 1.29 is 19.3 Å². The number of benzene rings is 2. The Kier molecular flexibility index (Phi) is 9.72. The lowest BCUT2D eigenvalue weighted by molar-refractivity contribution is -0.188. The topological polar surface area (TPSA) is 47.9 Å². The molecule has 4 nitrogen and oxygen atoms in total. The Bertz CT molecular complexity index is 962. The maximum atomic E-state index is 10.3. The zero-order valence-electron chi connectivity index (χ0n) is 23.5. The van der Waals surface area contributed by atoms with E-state index >= 15 is 0 Å². The molecule has 37 heavy (non-hydrogen) atoms. The highest BCUT2D eigenvalue weighted by Crippen LogP contribution is 2.50. The van der Waals surface area contributed by atoms with Crippen LogP contribution in [0, 0.1) is 5.92 Å². The van der Waals surface area contributed by atoms with Crippen LogP contribution < -0.4 is 4.74 Å². The number of ether oxygens (including phenoxy) is 3. The molecular formula is C33H48O4. The lowest BCUT2D eigenvalue weighted by Crippen LogP contribution is -2.40. The molecule has 1 saturated carbocycles. The molecule has 2 aromatic carbocycles. The van der Waals surface area contributed by atoms with Crippen LogP contribution in [-0.4, -0.2) is 30.2 Å². The third kappa shape index (κ3) is 7.37. The zero-order chi connectivity index (χ0) is 26.3. The number of hydrogen-bond donors (Lipinski definition) is 1. The predicted molar refractivity (Wildman–Crippen MR) is 150 cm³/mol. The molecule has 204 valence electrons.